The van der Waals surface area contributed by atoms with E-state index in [1.54, 1.807) is 6.92 Å². The maximum Gasteiger partial charge on any atom is 0.408 e. The number of benzene rings is 1. The number of aromatic nitrogens is 2. The zero-order valence-corrected chi connectivity index (χ0v) is 14.5. The molecule has 0 aliphatic heterocycles. The zero-order valence-electron chi connectivity index (χ0n) is 13.7. The summed E-state index contributed by atoms with van der Waals surface area (Å²) in [7, 11) is 0. The van der Waals surface area contributed by atoms with Gasteiger partial charge in [-0.2, -0.15) is 4.68 Å². The van der Waals surface area contributed by atoms with Gasteiger partial charge in [0.05, 0.1) is 16.8 Å². The van der Waals surface area contributed by atoms with Crippen molar-refractivity contribution >= 4 is 23.3 Å². The number of amides is 1. The van der Waals surface area contributed by atoms with E-state index in [0.29, 0.717) is 5.69 Å². The van der Waals surface area contributed by atoms with Gasteiger partial charge in [-0.1, -0.05) is 48.4 Å². The van der Waals surface area contributed by atoms with Gasteiger partial charge >= 0.3 is 5.82 Å². The van der Waals surface area contributed by atoms with Crippen molar-refractivity contribution in [3.8, 4) is 0 Å². The van der Waals surface area contributed by atoms with E-state index in [1.165, 1.54) is 4.68 Å². The van der Waals surface area contributed by atoms with Gasteiger partial charge in [0.2, 0.25) is 5.91 Å². The molecule has 0 aliphatic rings. The van der Waals surface area contributed by atoms with Crippen LogP contribution >= 0.6 is 11.6 Å². The third-order valence-electron chi connectivity index (χ3n) is 3.81. The highest BCUT2D eigenvalue weighted by atomic mass is 35.5. The molecule has 2 aromatic rings. The molecule has 0 radical (unpaired) electrons. The summed E-state index contributed by atoms with van der Waals surface area (Å²) in [6, 6.07) is 7.81. The van der Waals surface area contributed by atoms with Crippen molar-refractivity contribution in [3.63, 3.8) is 0 Å². The highest BCUT2D eigenvalue weighted by Gasteiger charge is 2.25. The Morgan fingerprint density at radius 1 is 1.38 bits per heavy atom. The first-order chi connectivity index (χ1) is 11.3. The Hall–Kier alpha value is -2.41. The molecule has 7 nitrogen and oxygen atoms in total. The van der Waals surface area contributed by atoms with Crippen LogP contribution in [0, 0.1) is 24.0 Å². The number of nitrogens with one attached hydrogen (secondary N) is 1. The van der Waals surface area contributed by atoms with Gasteiger partial charge in [-0.3, -0.25) is 4.79 Å². The van der Waals surface area contributed by atoms with E-state index in [4.69, 9.17) is 11.6 Å². The van der Waals surface area contributed by atoms with Crippen LogP contribution in [0.25, 0.3) is 0 Å². The van der Waals surface area contributed by atoms with Crippen molar-refractivity contribution in [1.82, 2.24) is 15.1 Å². The number of hydrogen-bond donors (Lipinski definition) is 1. The average Bonchev–Trinajstić information content (AvgIpc) is 2.82. The SMILES string of the molecule is CCC(NC(=O)Cn1nc([N+](=O)[O-])c(Cl)c1C)c1ccc(C)cc1. The van der Waals surface area contributed by atoms with Gasteiger partial charge in [-0.05, 0) is 30.8 Å². The van der Waals surface area contributed by atoms with E-state index in [9.17, 15) is 14.9 Å². The van der Waals surface area contributed by atoms with Crippen LogP contribution in [0.3, 0.4) is 0 Å². The quantitative estimate of drug-likeness (QED) is 0.639. The molecule has 1 aromatic carbocycles. The van der Waals surface area contributed by atoms with Gasteiger partial charge in [0.15, 0.2) is 5.02 Å². The smallest absolute Gasteiger partial charge is 0.358 e. The molecular weight excluding hydrogens is 332 g/mol. The molecule has 2 rings (SSSR count). The van der Waals surface area contributed by atoms with Crippen molar-refractivity contribution in [2.75, 3.05) is 0 Å². The van der Waals surface area contributed by atoms with E-state index in [2.05, 4.69) is 10.4 Å². The molecule has 0 fully saturated rings. The Bertz CT molecular complexity index is 755. The van der Waals surface area contributed by atoms with Crippen molar-refractivity contribution in [3.05, 3.63) is 56.2 Å². The van der Waals surface area contributed by atoms with Gasteiger partial charge in [0.1, 0.15) is 6.54 Å². The van der Waals surface area contributed by atoms with E-state index in [0.717, 1.165) is 17.5 Å². The highest BCUT2D eigenvalue weighted by molar-refractivity contribution is 6.33. The van der Waals surface area contributed by atoms with E-state index in [-0.39, 0.29) is 23.5 Å². The minimum absolute atomic E-state index is 0.0432. The van der Waals surface area contributed by atoms with E-state index >= 15 is 0 Å². The third-order valence-corrected chi connectivity index (χ3v) is 4.25. The molecule has 0 spiro atoms. The number of rotatable bonds is 6. The second kappa shape index (κ2) is 7.44. The lowest BCUT2D eigenvalue weighted by molar-refractivity contribution is -0.389. The summed E-state index contributed by atoms with van der Waals surface area (Å²) in [6.45, 7) is 5.45. The molecule has 0 saturated heterocycles. The predicted octanol–water partition coefficient (Wildman–Crippen LogP) is 3.33. The number of nitrogens with zero attached hydrogens (tertiary/aromatic N) is 3. The largest absolute Gasteiger partial charge is 0.408 e. The maximum atomic E-state index is 12.3. The van der Waals surface area contributed by atoms with Crippen molar-refractivity contribution in [2.24, 2.45) is 0 Å². The highest BCUT2D eigenvalue weighted by Crippen LogP contribution is 2.26. The Labute approximate surface area is 144 Å². The molecule has 0 aliphatic carbocycles. The molecule has 0 bridgehead atoms. The summed E-state index contributed by atoms with van der Waals surface area (Å²) in [5, 5.41) is 17.5. The number of nitro groups is 1. The first kappa shape index (κ1) is 17.9. The molecule has 8 heteroatoms. The number of hydrogen-bond acceptors (Lipinski definition) is 4. The lowest BCUT2D eigenvalue weighted by Crippen LogP contribution is -2.31. The average molecular weight is 351 g/mol. The van der Waals surface area contributed by atoms with Gasteiger partial charge in [-0.15, -0.1) is 0 Å². The lowest BCUT2D eigenvalue weighted by atomic mass is 10.0. The molecule has 1 unspecified atom stereocenters. The van der Waals surface area contributed by atoms with Gasteiger partial charge in [0.25, 0.3) is 0 Å². The van der Waals surface area contributed by atoms with Crippen molar-refractivity contribution in [2.45, 2.75) is 39.8 Å². The fraction of sp³-hybridized carbons (Fsp3) is 0.375. The Morgan fingerprint density at radius 3 is 2.50 bits per heavy atom. The second-order valence-corrected chi connectivity index (χ2v) is 5.95. The molecule has 24 heavy (non-hydrogen) atoms. The third kappa shape index (κ3) is 3.91. The van der Waals surface area contributed by atoms with E-state index < -0.39 is 10.7 Å². The van der Waals surface area contributed by atoms with Crippen LogP contribution in [0.15, 0.2) is 24.3 Å². The number of aryl methyl sites for hydroxylation is 1. The minimum Gasteiger partial charge on any atom is -0.358 e. The summed E-state index contributed by atoms with van der Waals surface area (Å²) >= 11 is 5.88. The van der Waals surface area contributed by atoms with Crippen LogP contribution in [-0.4, -0.2) is 20.6 Å². The lowest BCUT2D eigenvalue weighted by Gasteiger charge is -2.17. The maximum absolute atomic E-state index is 12.3. The second-order valence-electron chi connectivity index (χ2n) is 5.58. The Kier molecular flexibility index (Phi) is 5.56. The standard InChI is InChI=1S/C16H19ClN4O3/c1-4-13(12-7-5-10(2)6-8-12)18-14(22)9-20-11(3)15(17)16(19-20)21(23)24/h5-8,13H,4,9H2,1-3H3,(H,18,22). The number of carbonyl (C=O) groups is 1. The monoisotopic (exact) mass is 350 g/mol. The molecule has 0 saturated carbocycles. The van der Waals surface area contributed by atoms with Crippen molar-refractivity contribution in [1.29, 1.82) is 0 Å². The fourth-order valence-electron chi connectivity index (χ4n) is 2.37. The van der Waals surface area contributed by atoms with Crippen LogP contribution in [0.1, 0.15) is 36.2 Å². The predicted molar refractivity (Wildman–Crippen MR) is 91.0 cm³/mol. The first-order valence-corrected chi connectivity index (χ1v) is 7.94. The molecule has 1 N–H and O–H groups in total. The minimum atomic E-state index is -0.662. The first-order valence-electron chi connectivity index (χ1n) is 7.56. The molecule has 1 heterocycles. The summed E-state index contributed by atoms with van der Waals surface area (Å²) in [5.41, 5.74) is 2.55. The van der Waals surface area contributed by atoms with Crippen LogP contribution in [-0.2, 0) is 11.3 Å². The van der Waals surface area contributed by atoms with Gasteiger partial charge in [0, 0.05) is 0 Å². The van der Waals surface area contributed by atoms with Gasteiger partial charge < -0.3 is 15.4 Å². The van der Waals surface area contributed by atoms with Crippen LogP contribution in [0.2, 0.25) is 5.02 Å². The Morgan fingerprint density at radius 2 is 2.00 bits per heavy atom. The summed E-state index contributed by atoms with van der Waals surface area (Å²) < 4.78 is 1.25. The molecule has 1 atom stereocenters. The molecule has 128 valence electrons. The summed E-state index contributed by atoms with van der Waals surface area (Å²) in [5.74, 6) is -0.716. The number of carbonyl (C=O) groups excluding carboxylic acids is 1. The Balaban J connectivity index is 2.11. The zero-order chi connectivity index (χ0) is 17.9. The van der Waals surface area contributed by atoms with Gasteiger partial charge in [-0.25, -0.2) is 0 Å². The fourth-order valence-corrected chi connectivity index (χ4v) is 2.58. The summed E-state index contributed by atoms with van der Waals surface area (Å²) in [4.78, 5) is 22.5. The van der Waals surface area contributed by atoms with Crippen LogP contribution in [0.5, 0.6) is 0 Å². The normalized spacial score (nSPS) is 12.0. The molecular formula is C16H19ClN4O3. The van der Waals surface area contributed by atoms with E-state index in [1.807, 2.05) is 38.1 Å². The topological polar surface area (TPSA) is 90.1 Å². The number of halogens is 1. The summed E-state index contributed by atoms with van der Waals surface area (Å²) in [6.07, 6.45) is 0.730. The molecule has 1 aromatic heterocycles. The van der Waals surface area contributed by atoms with Crippen LogP contribution in [0.4, 0.5) is 5.82 Å². The van der Waals surface area contributed by atoms with Crippen LogP contribution < -0.4 is 5.32 Å². The molecule has 1 amide bonds. The van der Waals surface area contributed by atoms with Crippen molar-refractivity contribution < 1.29 is 9.72 Å².